The topological polar surface area (TPSA) is 72.2 Å². The average molecular weight is 410 g/mol. The normalized spacial score (nSPS) is 12.3. The Morgan fingerprint density at radius 1 is 1.04 bits per heavy atom. The first kappa shape index (κ1) is 20.1. The van der Waals surface area contributed by atoms with Gasteiger partial charge >= 0.3 is 6.18 Å². The highest BCUT2D eigenvalue weighted by atomic mass is 32.2. The zero-order valence-corrected chi connectivity index (χ0v) is 15.9. The summed E-state index contributed by atoms with van der Waals surface area (Å²) in [6.07, 6.45) is -4.67. The number of alkyl halides is 3. The molecule has 148 valence electrons. The molecule has 0 saturated heterocycles. The first-order valence-electron chi connectivity index (χ1n) is 8.26. The van der Waals surface area contributed by atoms with Crippen molar-refractivity contribution in [1.82, 2.24) is 9.88 Å². The van der Waals surface area contributed by atoms with E-state index < -0.39 is 22.0 Å². The number of benzene rings is 2. The van der Waals surface area contributed by atoms with Gasteiger partial charge in [-0.2, -0.15) is 13.2 Å². The molecule has 9 heteroatoms. The van der Waals surface area contributed by atoms with E-state index in [4.69, 9.17) is 0 Å². The molecule has 2 aromatic carbocycles. The Morgan fingerprint density at radius 2 is 1.71 bits per heavy atom. The summed E-state index contributed by atoms with van der Waals surface area (Å²) in [7, 11) is -3.88. The summed E-state index contributed by atoms with van der Waals surface area (Å²) < 4.78 is 70.3. The standard InChI is InChI=1S/C19H17F3N2O3S/c1-12-3-6-14(7-4-12)11-23-28(25,26)17-9-15(8-5-13(17)2)16-10-18(27-24-16)19(20,21)22/h3-10,23H,11H2,1-2H3. The minimum atomic E-state index is -4.67. The van der Waals surface area contributed by atoms with E-state index in [-0.39, 0.29) is 22.7 Å². The van der Waals surface area contributed by atoms with E-state index in [0.717, 1.165) is 17.2 Å². The number of hydrogen-bond acceptors (Lipinski definition) is 4. The monoisotopic (exact) mass is 410 g/mol. The molecule has 0 unspecified atom stereocenters. The third-order valence-electron chi connectivity index (χ3n) is 4.15. The van der Waals surface area contributed by atoms with Gasteiger partial charge < -0.3 is 4.52 Å². The van der Waals surface area contributed by atoms with Crippen LogP contribution in [0.1, 0.15) is 22.5 Å². The van der Waals surface area contributed by atoms with Crippen LogP contribution in [0.25, 0.3) is 11.3 Å². The van der Waals surface area contributed by atoms with Crippen molar-refractivity contribution in [1.29, 1.82) is 0 Å². The highest BCUT2D eigenvalue weighted by Gasteiger charge is 2.36. The molecule has 0 amide bonds. The Morgan fingerprint density at radius 3 is 2.32 bits per heavy atom. The number of nitrogens with one attached hydrogen (secondary N) is 1. The van der Waals surface area contributed by atoms with Crippen LogP contribution in [0.4, 0.5) is 13.2 Å². The maximum absolute atomic E-state index is 12.7. The van der Waals surface area contributed by atoms with E-state index in [0.29, 0.717) is 5.56 Å². The molecule has 1 aromatic heterocycles. The number of aromatic nitrogens is 1. The first-order chi connectivity index (χ1) is 13.1. The summed E-state index contributed by atoms with van der Waals surface area (Å²) in [4.78, 5) is -0.0336. The second kappa shape index (κ2) is 7.40. The van der Waals surface area contributed by atoms with Crippen LogP contribution in [0.15, 0.2) is 57.9 Å². The molecule has 0 spiro atoms. The number of halogens is 3. The molecule has 0 aliphatic carbocycles. The number of aryl methyl sites for hydroxylation is 2. The zero-order valence-electron chi connectivity index (χ0n) is 15.0. The molecule has 28 heavy (non-hydrogen) atoms. The van der Waals surface area contributed by atoms with Gasteiger partial charge in [0.2, 0.25) is 15.8 Å². The van der Waals surface area contributed by atoms with Crippen molar-refractivity contribution >= 4 is 10.0 Å². The Kier molecular flexibility index (Phi) is 5.31. The third-order valence-corrected chi connectivity index (χ3v) is 5.69. The molecule has 0 fully saturated rings. The second-order valence-electron chi connectivity index (χ2n) is 6.36. The van der Waals surface area contributed by atoms with Crippen LogP contribution in [0, 0.1) is 13.8 Å². The van der Waals surface area contributed by atoms with Gasteiger partial charge in [-0.3, -0.25) is 0 Å². The second-order valence-corrected chi connectivity index (χ2v) is 8.10. The minimum absolute atomic E-state index is 0.0336. The summed E-state index contributed by atoms with van der Waals surface area (Å²) in [6, 6.07) is 12.4. The average Bonchev–Trinajstić information content (AvgIpc) is 3.12. The van der Waals surface area contributed by atoms with Crippen molar-refractivity contribution in [2.45, 2.75) is 31.5 Å². The van der Waals surface area contributed by atoms with E-state index in [1.54, 1.807) is 6.92 Å². The zero-order chi connectivity index (χ0) is 20.5. The lowest BCUT2D eigenvalue weighted by Gasteiger charge is -2.11. The van der Waals surface area contributed by atoms with Crippen molar-refractivity contribution in [3.8, 4) is 11.3 Å². The van der Waals surface area contributed by atoms with Crippen LogP contribution in [0.2, 0.25) is 0 Å². The number of sulfonamides is 1. The molecule has 1 N–H and O–H groups in total. The molecule has 5 nitrogen and oxygen atoms in total. The molecule has 3 aromatic rings. The summed E-state index contributed by atoms with van der Waals surface area (Å²) in [6.45, 7) is 3.62. The maximum atomic E-state index is 12.7. The maximum Gasteiger partial charge on any atom is 0.452 e. The molecular formula is C19H17F3N2O3S. The van der Waals surface area contributed by atoms with Crippen LogP contribution in [0.3, 0.4) is 0 Å². The lowest BCUT2D eigenvalue weighted by atomic mass is 10.1. The molecule has 0 atom stereocenters. The Bertz CT molecular complexity index is 1090. The van der Waals surface area contributed by atoms with Crippen LogP contribution >= 0.6 is 0 Å². The Labute approximate surface area is 160 Å². The molecule has 0 aliphatic rings. The quantitative estimate of drug-likeness (QED) is 0.674. The largest absolute Gasteiger partial charge is 0.452 e. The van der Waals surface area contributed by atoms with E-state index in [9.17, 15) is 21.6 Å². The molecule has 0 radical (unpaired) electrons. The fourth-order valence-electron chi connectivity index (χ4n) is 2.56. The lowest BCUT2D eigenvalue weighted by Crippen LogP contribution is -2.24. The van der Waals surface area contributed by atoms with Crippen molar-refractivity contribution in [2.75, 3.05) is 0 Å². The van der Waals surface area contributed by atoms with E-state index in [2.05, 4.69) is 14.4 Å². The van der Waals surface area contributed by atoms with Crippen molar-refractivity contribution in [3.05, 3.63) is 71.0 Å². The molecule has 3 rings (SSSR count). The van der Waals surface area contributed by atoms with Gasteiger partial charge in [-0.1, -0.05) is 47.1 Å². The van der Waals surface area contributed by atoms with Gasteiger partial charge in [0.05, 0.1) is 4.90 Å². The first-order valence-corrected chi connectivity index (χ1v) is 9.75. The summed E-state index contributed by atoms with van der Waals surface area (Å²) in [5.74, 6) is -1.25. The van der Waals surface area contributed by atoms with Crippen LogP contribution < -0.4 is 4.72 Å². The smallest absolute Gasteiger partial charge is 0.351 e. The Hall–Kier alpha value is -2.65. The SMILES string of the molecule is Cc1ccc(CNS(=O)(=O)c2cc(-c3cc(C(F)(F)F)on3)ccc2C)cc1. The molecule has 0 bridgehead atoms. The molecule has 0 aliphatic heterocycles. The highest BCUT2D eigenvalue weighted by Crippen LogP contribution is 2.33. The van der Waals surface area contributed by atoms with Crippen LogP contribution in [-0.2, 0) is 22.7 Å². The van der Waals surface area contributed by atoms with Gasteiger partial charge in [0.25, 0.3) is 0 Å². The van der Waals surface area contributed by atoms with Crippen molar-refractivity contribution in [3.63, 3.8) is 0 Å². The number of rotatable bonds is 5. The van der Waals surface area contributed by atoms with Crippen molar-refractivity contribution in [2.24, 2.45) is 0 Å². The summed E-state index contributed by atoms with van der Waals surface area (Å²) in [5, 5.41) is 3.40. The van der Waals surface area contributed by atoms with E-state index in [1.165, 1.54) is 18.2 Å². The fourth-order valence-corrected chi connectivity index (χ4v) is 3.84. The van der Waals surface area contributed by atoms with Crippen LogP contribution in [-0.4, -0.2) is 13.6 Å². The number of hydrogen-bond donors (Lipinski definition) is 1. The van der Waals surface area contributed by atoms with Gasteiger partial charge in [0.1, 0.15) is 5.69 Å². The predicted octanol–water partition coefficient (Wildman–Crippen LogP) is 4.46. The predicted molar refractivity (Wildman–Crippen MR) is 96.9 cm³/mol. The summed E-state index contributed by atoms with van der Waals surface area (Å²) in [5.41, 5.74) is 2.41. The van der Waals surface area contributed by atoms with Gasteiger partial charge in [0.15, 0.2) is 0 Å². The van der Waals surface area contributed by atoms with Crippen LogP contribution in [0.5, 0.6) is 0 Å². The minimum Gasteiger partial charge on any atom is -0.351 e. The summed E-state index contributed by atoms with van der Waals surface area (Å²) >= 11 is 0. The van der Waals surface area contributed by atoms with Gasteiger partial charge in [-0.05, 0) is 31.0 Å². The lowest BCUT2D eigenvalue weighted by molar-refractivity contribution is -0.155. The molecule has 1 heterocycles. The fraction of sp³-hybridized carbons (Fsp3) is 0.211. The number of nitrogens with zero attached hydrogens (tertiary/aromatic N) is 1. The van der Waals surface area contributed by atoms with Crippen molar-refractivity contribution < 1.29 is 26.1 Å². The van der Waals surface area contributed by atoms with E-state index in [1.807, 2.05) is 31.2 Å². The Balaban J connectivity index is 1.87. The molecule has 0 saturated carbocycles. The van der Waals surface area contributed by atoms with Gasteiger partial charge in [-0.15, -0.1) is 0 Å². The van der Waals surface area contributed by atoms with Gasteiger partial charge in [0, 0.05) is 18.2 Å². The highest BCUT2D eigenvalue weighted by molar-refractivity contribution is 7.89. The third kappa shape index (κ3) is 4.42. The van der Waals surface area contributed by atoms with Gasteiger partial charge in [-0.25, -0.2) is 13.1 Å². The van der Waals surface area contributed by atoms with E-state index >= 15 is 0 Å². The molecular weight excluding hydrogens is 393 g/mol.